The summed E-state index contributed by atoms with van der Waals surface area (Å²) >= 11 is 12.9. The fourth-order valence-corrected chi connectivity index (χ4v) is 6.43. The van der Waals surface area contributed by atoms with Gasteiger partial charge in [-0.2, -0.15) is 4.80 Å². The molecule has 0 saturated carbocycles. The van der Waals surface area contributed by atoms with Gasteiger partial charge in [0.05, 0.1) is 7.05 Å². The summed E-state index contributed by atoms with van der Waals surface area (Å²) in [5.74, 6) is 2.05. The number of hydrogen-bond donors (Lipinski definition) is 1. The van der Waals surface area contributed by atoms with Crippen LogP contribution >= 0.6 is 23.2 Å². The number of nitrogen functional groups attached to an aromatic ring is 1. The Bertz CT molecular complexity index is 1550. The van der Waals surface area contributed by atoms with Gasteiger partial charge in [-0.1, -0.05) is 36.2 Å². The van der Waals surface area contributed by atoms with E-state index in [0.717, 1.165) is 69.7 Å². The highest BCUT2D eigenvalue weighted by atomic mass is 35.5. The van der Waals surface area contributed by atoms with E-state index >= 15 is 0 Å². The molecule has 222 valence electrons. The number of hydrogen-bond acceptors (Lipinski definition) is 12. The molecule has 3 aromatic heterocycles. The van der Waals surface area contributed by atoms with Gasteiger partial charge in [0.25, 0.3) is 5.89 Å². The second kappa shape index (κ2) is 12.1. The van der Waals surface area contributed by atoms with Crippen molar-refractivity contribution >= 4 is 34.8 Å². The van der Waals surface area contributed by atoms with Crippen LogP contribution in [-0.2, 0) is 13.6 Å². The number of anilines is 2. The third-order valence-electron chi connectivity index (χ3n) is 8.13. The van der Waals surface area contributed by atoms with Crippen LogP contribution in [-0.4, -0.2) is 95.0 Å². The zero-order valence-corrected chi connectivity index (χ0v) is 25.4. The third kappa shape index (κ3) is 5.91. The van der Waals surface area contributed by atoms with Gasteiger partial charge in [-0.05, 0) is 55.3 Å². The molecule has 15 heteroatoms. The van der Waals surface area contributed by atoms with E-state index in [9.17, 15) is 0 Å². The fourth-order valence-electron chi connectivity index (χ4n) is 6.01. The van der Waals surface area contributed by atoms with Crippen molar-refractivity contribution in [1.82, 2.24) is 50.2 Å². The van der Waals surface area contributed by atoms with E-state index in [-0.39, 0.29) is 16.9 Å². The Labute approximate surface area is 254 Å². The summed E-state index contributed by atoms with van der Waals surface area (Å²) < 4.78 is 5.48. The molecular formula is C27H34Cl2N12O. The first-order valence-corrected chi connectivity index (χ1v) is 14.9. The van der Waals surface area contributed by atoms with E-state index in [1.807, 2.05) is 12.1 Å². The van der Waals surface area contributed by atoms with Gasteiger partial charge in [-0.25, -0.2) is 9.97 Å². The Hall–Kier alpha value is -3.39. The monoisotopic (exact) mass is 612 g/mol. The van der Waals surface area contributed by atoms with Crippen LogP contribution in [0.1, 0.15) is 37.6 Å². The Kier molecular flexibility index (Phi) is 8.26. The van der Waals surface area contributed by atoms with Crippen molar-refractivity contribution in [3.8, 4) is 23.0 Å². The second-order valence-electron chi connectivity index (χ2n) is 10.9. The van der Waals surface area contributed by atoms with E-state index in [0.29, 0.717) is 40.3 Å². The Morgan fingerprint density at radius 3 is 2.55 bits per heavy atom. The van der Waals surface area contributed by atoms with Crippen molar-refractivity contribution in [2.24, 2.45) is 7.05 Å². The molecule has 42 heavy (non-hydrogen) atoms. The molecule has 0 aliphatic carbocycles. The van der Waals surface area contributed by atoms with Crippen LogP contribution in [0.4, 0.5) is 11.6 Å². The summed E-state index contributed by atoms with van der Waals surface area (Å²) in [5, 5.41) is 21.4. The lowest BCUT2D eigenvalue weighted by molar-refractivity contribution is 0.0611. The van der Waals surface area contributed by atoms with Gasteiger partial charge in [0.2, 0.25) is 11.7 Å². The molecule has 0 bridgehead atoms. The van der Waals surface area contributed by atoms with Crippen LogP contribution in [0.25, 0.3) is 23.0 Å². The average molecular weight is 614 g/mol. The number of rotatable bonds is 7. The van der Waals surface area contributed by atoms with Gasteiger partial charge in [0, 0.05) is 55.8 Å². The Morgan fingerprint density at radius 1 is 1.05 bits per heavy atom. The SMILES string of the molecule is CC[C@H]1CN(c2nc(N)c(-c3nnc(C)o3)nc2Cl)CCN1C1CCN(Cc2ccc(Cl)cc2-c2nnn(C)n2)CC1. The standard InChI is InChI=1S/C27H34Cl2N12O/c1-4-19-15-40(26-23(29)31-22(24(30)32-26)27-35-33-16(2)42-27)11-12-41(19)20-7-9-39(10-8-20)14-17-5-6-18(28)13-21(17)25-34-37-38(3)36-25/h5-6,13,19-20H,4,7-12,14-15H2,1-3H3,(H2,30,32)/t19-/m0/s1. The lowest BCUT2D eigenvalue weighted by Gasteiger charge is -2.47. The largest absolute Gasteiger partial charge is 0.420 e. The summed E-state index contributed by atoms with van der Waals surface area (Å²) in [4.78, 5) is 17.9. The normalized spacial score (nSPS) is 19.1. The molecule has 5 heterocycles. The minimum atomic E-state index is 0.214. The maximum Gasteiger partial charge on any atom is 0.270 e. The molecule has 6 rings (SSSR count). The highest BCUT2D eigenvalue weighted by Gasteiger charge is 2.34. The van der Waals surface area contributed by atoms with Gasteiger partial charge in [-0.3, -0.25) is 9.80 Å². The molecular weight excluding hydrogens is 579 g/mol. The van der Waals surface area contributed by atoms with Crippen LogP contribution in [0.3, 0.4) is 0 Å². The van der Waals surface area contributed by atoms with Crippen LogP contribution in [0.5, 0.6) is 0 Å². The number of likely N-dealkylation sites (tertiary alicyclic amines) is 1. The fraction of sp³-hybridized carbons (Fsp3) is 0.519. The van der Waals surface area contributed by atoms with Gasteiger partial charge in [0.15, 0.2) is 22.5 Å². The van der Waals surface area contributed by atoms with Crippen molar-refractivity contribution in [2.75, 3.05) is 43.4 Å². The zero-order chi connectivity index (χ0) is 29.4. The molecule has 0 radical (unpaired) electrons. The number of tetrazole rings is 1. The molecule has 2 fully saturated rings. The number of benzene rings is 1. The molecule has 1 aromatic carbocycles. The number of nitrogens with two attached hydrogens (primary N) is 1. The molecule has 0 amide bonds. The molecule has 2 saturated heterocycles. The summed E-state index contributed by atoms with van der Waals surface area (Å²) in [7, 11) is 1.76. The van der Waals surface area contributed by atoms with E-state index in [1.54, 1.807) is 14.0 Å². The minimum absolute atomic E-state index is 0.214. The summed E-state index contributed by atoms with van der Waals surface area (Å²) in [5.41, 5.74) is 8.64. The van der Waals surface area contributed by atoms with E-state index in [2.05, 4.69) is 63.3 Å². The van der Waals surface area contributed by atoms with Crippen LogP contribution in [0, 0.1) is 6.92 Å². The molecule has 2 aliphatic heterocycles. The number of aromatic nitrogens is 8. The van der Waals surface area contributed by atoms with E-state index in [1.165, 1.54) is 4.80 Å². The first-order valence-electron chi connectivity index (χ1n) is 14.2. The lowest BCUT2D eigenvalue weighted by Crippen LogP contribution is -2.58. The Morgan fingerprint density at radius 2 is 1.86 bits per heavy atom. The number of piperidine rings is 1. The predicted molar refractivity (Wildman–Crippen MR) is 160 cm³/mol. The van der Waals surface area contributed by atoms with Crippen molar-refractivity contribution in [3.63, 3.8) is 0 Å². The number of nitrogens with zero attached hydrogens (tertiary/aromatic N) is 11. The first-order chi connectivity index (χ1) is 20.3. The lowest BCUT2D eigenvalue weighted by atomic mass is 9.97. The highest BCUT2D eigenvalue weighted by molar-refractivity contribution is 6.32. The number of piperazine rings is 1. The number of aryl methyl sites for hydroxylation is 2. The third-order valence-corrected chi connectivity index (χ3v) is 8.62. The zero-order valence-electron chi connectivity index (χ0n) is 23.9. The Balaban J connectivity index is 1.09. The first kappa shape index (κ1) is 28.7. The van der Waals surface area contributed by atoms with Crippen LogP contribution in [0.15, 0.2) is 22.6 Å². The van der Waals surface area contributed by atoms with Crippen molar-refractivity contribution in [1.29, 1.82) is 0 Å². The molecule has 2 aliphatic rings. The molecule has 0 spiro atoms. The van der Waals surface area contributed by atoms with Crippen molar-refractivity contribution in [3.05, 3.63) is 39.8 Å². The van der Waals surface area contributed by atoms with Crippen molar-refractivity contribution in [2.45, 2.75) is 51.7 Å². The maximum atomic E-state index is 6.61. The van der Waals surface area contributed by atoms with Crippen LogP contribution in [0.2, 0.25) is 10.2 Å². The van der Waals surface area contributed by atoms with Gasteiger partial charge in [0.1, 0.15) is 0 Å². The quantitative estimate of drug-likeness (QED) is 0.326. The summed E-state index contributed by atoms with van der Waals surface area (Å²) in [6.45, 7) is 9.32. The maximum absolute atomic E-state index is 6.61. The molecule has 2 N–H and O–H groups in total. The predicted octanol–water partition coefficient (Wildman–Crippen LogP) is 3.48. The smallest absolute Gasteiger partial charge is 0.270 e. The van der Waals surface area contributed by atoms with E-state index in [4.69, 9.17) is 33.4 Å². The second-order valence-corrected chi connectivity index (χ2v) is 11.6. The topological polar surface area (TPSA) is 144 Å². The minimum Gasteiger partial charge on any atom is -0.420 e. The van der Waals surface area contributed by atoms with Gasteiger partial charge in [-0.15, -0.1) is 20.4 Å². The van der Waals surface area contributed by atoms with Gasteiger partial charge < -0.3 is 15.1 Å². The average Bonchev–Trinajstić information content (AvgIpc) is 3.63. The molecule has 13 nitrogen and oxygen atoms in total. The van der Waals surface area contributed by atoms with E-state index < -0.39 is 0 Å². The van der Waals surface area contributed by atoms with Crippen LogP contribution < -0.4 is 10.6 Å². The van der Waals surface area contributed by atoms with Gasteiger partial charge >= 0.3 is 0 Å². The molecule has 4 aromatic rings. The summed E-state index contributed by atoms with van der Waals surface area (Å²) in [6, 6.07) is 6.82. The number of halogens is 2. The van der Waals surface area contributed by atoms with Crippen molar-refractivity contribution < 1.29 is 4.42 Å². The highest BCUT2D eigenvalue weighted by Crippen LogP contribution is 2.33. The summed E-state index contributed by atoms with van der Waals surface area (Å²) in [6.07, 6.45) is 3.24. The molecule has 1 atom stereocenters. The molecule has 0 unspecified atom stereocenters.